The molecule has 0 spiro atoms. The zero-order valence-corrected chi connectivity index (χ0v) is 19.3. The number of carbonyl (C=O) groups excluding carboxylic acids is 2. The summed E-state index contributed by atoms with van der Waals surface area (Å²) in [5.74, 6) is -0.311. The third kappa shape index (κ3) is 4.97. The number of rotatable bonds is 8. The number of amides is 2. The molecule has 8 heteroatoms. The summed E-state index contributed by atoms with van der Waals surface area (Å²) in [5.41, 5.74) is 2.33. The van der Waals surface area contributed by atoms with Gasteiger partial charge in [0.05, 0.1) is 11.6 Å². The van der Waals surface area contributed by atoms with Crippen molar-refractivity contribution >= 4 is 22.8 Å². The maximum atomic E-state index is 13.8. The highest BCUT2D eigenvalue weighted by Crippen LogP contribution is 2.27. The summed E-state index contributed by atoms with van der Waals surface area (Å²) in [6.07, 6.45) is 5.97. The Morgan fingerprint density at radius 2 is 1.79 bits per heavy atom. The van der Waals surface area contributed by atoms with Crippen LogP contribution in [0.15, 0.2) is 54.6 Å². The second-order valence-electron chi connectivity index (χ2n) is 9.22. The number of fused-ring (bicyclic) bond motifs is 1. The lowest BCUT2D eigenvalue weighted by atomic mass is 10.0. The number of aromatic nitrogens is 3. The molecule has 1 N–H and O–H groups in total. The normalized spacial score (nSPS) is 19.4. The molecule has 2 heterocycles. The zero-order valence-electron chi connectivity index (χ0n) is 19.3. The lowest BCUT2D eigenvalue weighted by Crippen LogP contribution is -2.49. The average molecular weight is 462 g/mol. The number of nitrogens with one attached hydrogen (secondary N) is 1. The van der Waals surface area contributed by atoms with Gasteiger partial charge in [-0.3, -0.25) is 9.59 Å². The van der Waals surface area contributed by atoms with Crippen LogP contribution in [-0.2, 0) is 20.9 Å². The molecule has 2 aliphatic rings. The van der Waals surface area contributed by atoms with Crippen molar-refractivity contribution in [2.45, 2.75) is 63.3 Å². The molecule has 34 heavy (non-hydrogen) atoms. The smallest absolute Gasteiger partial charge is 0.247 e. The van der Waals surface area contributed by atoms with Crippen molar-refractivity contribution < 1.29 is 14.3 Å². The summed E-state index contributed by atoms with van der Waals surface area (Å²) in [4.78, 5) is 29.1. The molecule has 2 fully saturated rings. The fraction of sp³-hybridized carbons (Fsp3) is 0.462. The summed E-state index contributed by atoms with van der Waals surface area (Å²) in [7, 11) is 0. The first kappa shape index (κ1) is 22.5. The van der Waals surface area contributed by atoms with Crippen LogP contribution >= 0.6 is 0 Å². The van der Waals surface area contributed by atoms with E-state index in [4.69, 9.17) is 4.74 Å². The Balaban J connectivity index is 1.46. The molecule has 8 nitrogen and oxygen atoms in total. The first-order chi connectivity index (χ1) is 16.7. The van der Waals surface area contributed by atoms with Crippen molar-refractivity contribution in [1.29, 1.82) is 0 Å². The van der Waals surface area contributed by atoms with Crippen LogP contribution in [0.5, 0.6) is 0 Å². The molecule has 1 aliphatic heterocycles. The van der Waals surface area contributed by atoms with Gasteiger partial charge in [0.2, 0.25) is 11.8 Å². The molecule has 1 saturated heterocycles. The monoisotopic (exact) mass is 461 g/mol. The maximum Gasteiger partial charge on any atom is 0.247 e. The molecular weight excluding hydrogens is 430 g/mol. The molecule has 2 atom stereocenters. The predicted molar refractivity (Wildman–Crippen MR) is 128 cm³/mol. The van der Waals surface area contributed by atoms with E-state index < -0.39 is 6.04 Å². The molecule has 1 saturated carbocycles. The molecule has 0 unspecified atom stereocenters. The quantitative estimate of drug-likeness (QED) is 0.556. The van der Waals surface area contributed by atoms with Gasteiger partial charge in [0.15, 0.2) is 0 Å². The van der Waals surface area contributed by atoms with E-state index in [-0.39, 0.29) is 30.5 Å². The van der Waals surface area contributed by atoms with Crippen LogP contribution in [0.4, 0.5) is 0 Å². The number of hydrogen-bond acceptors (Lipinski definition) is 5. The van der Waals surface area contributed by atoms with Gasteiger partial charge >= 0.3 is 0 Å². The highest BCUT2D eigenvalue weighted by molar-refractivity contribution is 5.89. The van der Waals surface area contributed by atoms with E-state index in [1.807, 2.05) is 54.6 Å². The molecule has 1 aliphatic carbocycles. The van der Waals surface area contributed by atoms with Gasteiger partial charge in [-0.15, -0.1) is 5.10 Å². The minimum atomic E-state index is -0.728. The lowest BCUT2D eigenvalue weighted by Gasteiger charge is -2.33. The second kappa shape index (κ2) is 10.3. The molecule has 3 aromatic rings. The lowest BCUT2D eigenvalue weighted by molar-refractivity contribution is -0.143. The van der Waals surface area contributed by atoms with E-state index in [0.29, 0.717) is 13.2 Å². The van der Waals surface area contributed by atoms with Gasteiger partial charge in [-0.1, -0.05) is 60.5 Å². The first-order valence-corrected chi connectivity index (χ1v) is 12.2. The third-order valence-electron chi connectivity index (χ3n) is 6.83. The van der Waals surface area contributed by atoms with Crippen molar-refractivity contribution in [3.8, 4) is 0 Å². The Hall–Kier alpha value is -3.26. The number of hydrogen-bond donors (Lipinski definition) is 1. The number of nitrogens with zero attached hydrogens (tertiary/aromatic N) is 4. The molecule has 0 radical (unpaired) electrons. The fourth-order valence-corrected chi connectivity index (χ4v) is 5.07. The first-order valence-electron chi connectivity index (χ1n) is 12.2. The largest absolute Gasteiger partial charge is 0.376 e. The average Bonchev–Trinajstić information content (AvgIpc) is 3.63. The van der Waals surface area contributed by atoms with Crippen LogP contribution in [0.2, 0.25) is 0 Å². The van der Waals surface area contributed by atoms with E-state index in [1.54, 1.807) is 9.58 Å². The highest BCUT2D eigenvalue weighted by atomic mass is 16.5. The van der Waals surface area contributed by atoms with E-state index in [1.165, 1.54) is 0 Å². The van der Waals surface area contributed by atoms with Crippen LogP contribution < -0.4 is 5.32 Å². The molecular formula is C26H31N5O3. The standard InChI is InChI=1S/C26H31N5O3/c32-24(18-31-23-15-7-6-14-22(23)28-29-31)30(17-21-13-8-16-34-21)25(19-9-2-1-3-10-19)26(33)27-20-11-4-5-12-20/h1-3,6-7,9-10,14-15,20-21,25H,4-5,8,11-13,16-18H2,(H,27,33)/t21-,25-/m0/s1. The Morgan fingerprint density at radius 3 is 2.56 bits per heavy atom. The van der Waals surface area contributed by atoms with Gasteiger partial charge in [-0.05, 0) is 43.4 Å². The van der Waals surface area contributed by atoms with Crippen molar-refractivity contribution in [1.82, 2.24) is 25.2 Å². The molecule has 1 aromatic heterocycles. The van der Waals surface area contributed by atoms with Crippen molar-refractivity contribution in [2.75, 3.05) is 13.2 Å². The van der Waals surface area contributed by atoms with E-state index in [2.05, 4.69) is 15.6 Å². The van der Waals surface area contributed by atoms with Crippen LogP contribution in [0.3, 0.4) is 0 Å². The number of benzene rings is 2. The zero-order chi connectivity index (χ0) is 23.3. The minimum absolute atomic E-state index is 0.00722. The molecule has 5 rings (SSSR count). The van der Waals surface area contributed by atoms with Gasteiger partial charge in [0.1, 0.15) is 18.1 Å². The summed E-state index contributed by atoms with van der Waals surface area (Å²) < 4.78 is 7.49. The highest BCUT2D eigenvalue weighted by Gasteiger charge is 2.35. The van der Waals surface area contributed by atoms with Crippen molar-refractivity contribution in [3.63, 3.8) is 0 Å². The van der Waals surface area contributed by atoms with Gasteiger partial charge < -0.3 is 15.0 Å². The number of carbonyl (C=O) groups is 2. The SMILES string of the molecule is O=C(NC1CCCC1)[C@H](c1ccccc1)N(C[C@@H]1CCCO1)C(=O)Cn1nnc2ccccc21. The number of para-hydroxylation sites is 1. The minimum Gasteiger partial charge on any atom is -0.376 e. The summed E-state index contributed by atoms with van der Waals surface area (Å²) in [6.45, 7) is 1.06. The van der Waals surface area contributed by atoms with Gasteiger partial charge in [-0.2, -0.15) is 0 Å². The topological polar surface area (TPSA) is 89.4 Å². The number of ether oxygens (including phenoxy) is 1. The van der Waals surface area contributed by atoms with Crippen LogP contribution in [-0.4, -0.2) is 57.0 Å². The molecule has 2 aromatic carbocycles. The van der Waals surface area contributed by atoms with E-state index in [0.717, 1.165) is 55.1 Å². The maximum absolute atomic E-state index is 13.8. The van der Waals surface area contributed by atoms with Crippen molar-refractivity contribution in [3.05, 3.63) is 60.2 Å². The molecule has 178 valence electrons. The van der Waals surface area contributed by atoms with E-state index in [9.17, 15) is 9.59 Å². The van der Waals surface area contributed by atoms with Gasteiger partial charge in [-0.25, -0.2) is 4.68 Å². The Labute approximate surface area is 199 Å². The van der Waals surface area contributed by atoms with Crippen LogP contribution in [0.1, 0.15) is 50.1 Å². The molecule has 0 bridgehead atoms. The van der Waals surface area contributed by atoms with Crippen LogP contribution in [0, 0.1) is 0 Å². The van der Waals surface area contributed by atoms with Gasteiger partial charge in [0, 0.05) is 19.2 Å². The summed E-state index contributed by atoms with van der Waals surface area (Å²) >= 11 is 0. The fourth-order valence-electron chi connectivity index (χ4n) is 5.07. The molecule has 2 amide bonds. The Morgan fingerprint density at radius 1 is 1.03 bits per heavy atom. The Bertz CT molecular complexity index is 1120. The van der Waals surface area contributed by atoms with Crippen molar-refractivity contribution in [2.24, 2.45) is 0 Å². The summed E-state index contributed by atoms with van der Waals surface area (Å²) in [5, 5.41) is 11.6. The predicted octanol–water partition coefficient (Wildman–Crippen LogP) is 3.24. The Kier molecular flexibility index (Phi) is 6.85. The second-order valence-corrected chi connectivity index (χ2v) is 9.22. The van der Waals surface area contributed by atoms with Gasteiger partial charge in [0.25, 0.3) is 0 Å². The van der Waals surface area contributed by atoms with E-state index >= 15 is 0 Å². The third-order valence-corrected chi connectivity index (χ3v) is 6.83. The summed E-state index contributed by atoms with van der Waals surface area (Å²) in [6, 6.07) is 16.6. The van der Waals surface area contributed by atoms with Crippen LogP contribution in [0.25, 0.3) is 11.0 Å².